The van der Waals surface area contributed by atoms with Crippen molar-refractivity contribution in [2.45, 2.75) is 6.92 Å². The summed E-state index contributed by atoms with van der Waals surface area (Å²) in [6, 6.07) is 8.57. The van der Waals surface area contributed by atoms with Crippen LogP contribution in [0, 0.1) is 6.92 Å². The predicted octanol–water partition coefficient (Wildman–Crippen LogP) is 1.52. The molecule has 0 saturated carbocycles. The van der Waals surface area contributed by atoms with E-state index in [4.69, 9.17) is 5.11 Å². The number of benzene rings is 1. The number of hydrogen-bond donors (Lipinski definition) is 1. The van der Waals surface area contributed by atoms with Gasteiger partial charge in [0, 0.05) is 5.69 Å². The molecule has 0 aliphatic carbocycles. The van der Waals surface area contributed by atoms with E-state index in [-0.39, 0.29) is 0 Å². The van der Waals surface area contributed by atoms with Crippen molar-refractivity contribution in [1.82, 2.24) is 10.2 Å². The van der Waals surface area contributed by atoms with E-state index in [1.54, 1.807) is 12.1 Å². The van der Waals surface area contributed by atoms with Crippen molar-refractivity contribution in [1.29, 1.82) is 0 Å². The van der Waals surface area contributed by atoms with Gasteiger partial charge in [-0.25, -0.2) is 0 Å². The lowest BCUT2D eigenvalue weighted by Crippen LogP contribution is -2.35. The molecule has 0 aliphatic heterocycles. The van der Waals surface area contributed by atoms with Gasteiger partial charge in [-0.2, -0.15) is 10.2 Å². The molecule has 6 nitrogen and oxygen atoms in total. The Morgan fingerprint density at radius 2 is 1.85 bits per heavy atom. The number of carbonyl (C=O) groups is 2. The number of amides is 1. The maximum Gasteiger partial charge on any atom is 0.323 e. The van der Waals surface area contributed by atoms with Crippen molar-refractivity contribution >= 4 is 17.6 Å². The number of aliphatic carboxylic acids is 1. The second-order valence-electron chi connectivity index (χ2n) is 4.25. The van der Waals surface area contributed by atoms with Crippen LogP contribution in [-0.4, -0.2) is 33.7 Å². The van der Waals surface area contributed by atoms with Gasteiger partial charge in [0.2, 0.25) is 0 Å². The monoisotopic (exact) mass is 271 g/mol. The first kappa shape index (κ1) is 13.7. The molecule has 0 saturated heterocycles. The fourth-order valence-electron chi connectivity index (χ4n) is 1.71. The zero-order valence-corrected chi connectivity index (χ0v) is 10.9. The summed E-state index contributed by atoms with van der Waals surface area (Å²) in [5, 5.41) is 16.2. The number of carboxylic acid groups (broad SMARTS) is 1. The van der Waals surface area contributed by atoms with E-state index in [9.17, 15) is 9.59 Å². The molecule has 2 rings (SSSR count). The highest BCUT2D eigenvalue weighted by atomic mass is 16.4. The van der Waals surface area contributed by atoms with Gasteiger partial charge < -0.3 is 5.11 Å². The van der Waals surface area contributed by atoms with Gasteiger partial charge in [0.05, 0.1) is 18.0 Å². The van der Waals surface area contributed by atoms with Crippen LogP contribution in [-0.2, 0) is 4.79 Å². The molecule has 1 aromatic heterocycles. The van der Waals surface area contributed by atoms with Crippen LogP contribution in [0.15, 0.2) is 42.7 Å². The third kappa shape index (κ3) is 3.17. The van der Waals surface area contributed by atoms with Gasteiger partial charge in [0.1, 0.15) is 6.54 Å². The molecule has 0 aliphatic rings. The minimum atomic E-state index is -1.08. The Morgan fingerprint density at radius 3 is 2.40 bits per heavy atom. The Morgan fingerprint density at radius 1 is 1.15 bits per heavy atom. The molecular formula is C14H13N3O3. The predicted molar refractivity (Wildman–Crippen MR) is 72.5 cm³/mol. The molecule has 0 fully saturated rings. The van der Waals surface area contributed by atoms with Crippen LogP contribution in [0.5, 0.6) is 0 Å². The van der Waals surface area contributed by atoms with E-state index in [1.165, 1.54) is 23.4 Å². The topological polar surface area (TPSA) is 83.4 Å². The van der Waals surface area contributed by atoms with Crippen molar-refractivity contribution in [2.24, 2.45) is 0 Å². The molecule has 2 aromatic rings. The largest absolute Gasteiger partial charge is 0.480 e. The fourth-order valence-corrected chi connectivity index (χ4v) is 1.71. The maximum atomic E-state index is 12.4. The summed E-state index contributed by atoms with van der Waals surface area (Å²) in [7, 11) is 0. The summed E-state index contributed by atoms with van der Waals surface area (Å²) in [6.07, 6.45) is 2.70. The quantitative estimate of drug-likeness (QED) is 0.911. The van der Waals surface area contributed by atoms with Gasteiger partial charge in [0.25, 0.3) is 5.91 Å². The van der Waals surface area contributed by atoms with Crippen molar-refractivity contribution in [3.05, 3.63) is 53.9 Å². The first-order chi connectivity index (χ1) is 9.58. The molecule has 0 unspecified atom stereocenters. The van der Waals surface area contributed by atoms with Gasteiger partial charge in [0.15, 0.2) is 0 Å². The number of rotatable bonds is 4. The fraction of sp³-hybridized carbons (Fsp3) is 0.143. The van der Waals surface area contributed by atoms with E-state index in [2.05, 4.69) is 10.2 Å². The number of hydrogen-bond acceptors (Lipinski definition) is 4. The van der Waals surface area contributed by atoms with E-state index < -0.39 is 18.4 Å². The molecule has 20 heavy (non-hydrogen) atoms. The molecule has 0 radical (unpaired) electrons. The highest BCUT2D eigenvalue weighted by molar-refractivity contribution is 6.07. The normalized spacial score (nSPS) is 10.1. The molecule has 1 N–H and O–H groups in total. The van der Waals surface area contributed by atoms with Crippen LogP contribution in [0.25, 0.3) is 0 Å². The summed E-state index contributed by atoms with van der Waals surface area (Å²) in [5.74, 6) is -1.51. The Bertz CT molecular complexity index is 611. The first-order valence-corrected chi connectivity index (χ1v) is 5.95. The van der Waals surface area contributed by atoms with Crippen molar-refractivity contribution in [3.63, 3.8) is 0 Å². The van der Waals surface area contributed by atoms with Crippen molar-refractivity contribution < 1.29 is 14.7 Å². The van der Waals surface area contributed by atoms with Crippen LogP contribution in [0.1, 0.15) is 15.9 Å². The van der Waals surface area contributed by atoms with Crippen molar-refractivity contribution in [3.8, 4) is 0 Å². The summed E-state index contributed by atoms with van der Waals surface area (Å²) < 4.78 is 0. The van der Waals surface area contributed by atoms with Crippen LogP contribution < -0.4 is 4.90 Å². The smallest absolute Gasteiger partial charge is 0.323 e. The Kier molecular flexibility index (Phi) is 4.05. The minimum absolute atomic E-state index is 0.293. The average molecular weight is 271 g/mol. The highest BCUT2D eigenvalue weighted by Crippen LogP contribution is 2.17. The maximum absolute atomic E-state index is 12.4. The number of carbonyl (C=O) groups excluding carboxylic acids is 1. The minimum Gasteiger partial charge on any atom is -0.480 e. The average Bonchev–Trinajstić information content (AvgIpc) is 2.46. The highest BCUT2D eigenvalue weighted by Gasteiger charge is 2.20. The summed E-state index contributed by atoms with van der Waals surface area (Å²) in [4.78, 5) is 24.5. The number of aromatic nitrogens is 2. The summed E-state index contributed by atoms with van der Waals surface area (Å²) in [6.45, 7) is 1.50. The second-order valence-corrected chi connectivity index (χ2v) is 4.25. The molecule has 102 valence electrons. The summed E-state index contributed by atoms with van der Waals surface area (Å²) >= 11 is 0. The summed E-state index contributed by atoms with van der Waals surface area (Å²) in [5.41, 5.74) is 1.85. The van der Waals surface area contributed by atoms with E-state index in [1.807, 2.05) is 19.1 Å². The van der Waals surface area contributed by atoms with Crippen LogP contribution in [0.2, 0.25) is 0 Å². The van der Waals surface area contributed by atoms with Gasteiger partial charge in [-0.1, -0.05) is 17.7 Å². The van der Waals surface area contributed by atoms with Gasteiger partial charge >= 0.3 is 5.97 Å². The molecule has 1 amide bonds. The van der Waals surface area contributed by atoms with Crippen LogP contribution in [0.3, 0.4) is 0 Å². The number of aryl methyl sites for hydroxylation is 1. The van der Waals surface area contributed by atoms with E-state index >= 15 is 0 Å². The number of carboxylic acids is 1. The Hall–Kier alpha value is -2.76. The standard InChI is InChI=1S/C14H13N3O3/c1-10-2-4-12(5-3-10)17(9-13(18)19)14(20)11-6-7-15-16-8-11/h2-8H,9H2,1H3,(H,18,19). The molecule has 0 atom stereocenters. The van der Waals surface area contributed by atoms with Crippen LogP contribution >= 0.6 is 0 Å². The second kappa shape index (κ2) is 5.92. The molecule has 1 heterocycles. The number of nitrogens with zero attached hydrogens (tertiary/aromatic N) is 3. The molecule has 0 bridgehead atoms. The molecule has 6 heteroatoms. The Balaban J connectivity index is 2.35. The number of anilines is 1. The lowest BCUT2D eigenvalue weighted by atomic mass is 10.2. The Labute approximate surface area is 115 Å². The van der Waals surface area contributed by atoms with Crippen LogP contribution in [0.4, 0.5) is 5.69 Å². The van der Waals surface area contributed by atoms with Crippen molar-refractivity contribution in [2.75, 3.05) is 11.4 Å². The first-order valence-electron chi connectivity index (χ1n) is 5.95. The van der Waals surface area contributed by atoms with Gasteiger partial charge in [-0.15, -0.1) is 0 Å². The molecule has 1 aromatic carbocycles. The third-order valence-corrected chi connectivity index (χ3v) is 2.72. The zero-order chi connectivity index (χ0) is 14.5. The lowest BCUT2D eigenvalue weighted by Gasteiger charge is -2.20. The lowest BCUT2D eigenvalue weighted by molar-refractivity contribution is -0.135. The SMILES string of the molecule is Cc1ccc(N(CC(=O)O)C(=O)c2ccnnc2)cc1. The van der Waals surface area contributed by atoms with Gasteiger partial charge in [-0.05, 0) is 25.1 Å². The molecule has 0 spiro atoms. The zero-order valence-electron chi connectivity index (χ0n) is 10.9. The van der Waals surface area contributed by atoms with E-state index in [0.29, 0.717) is 11.3 Å². The van der Waals surface area contributed by atoms with Gasteiger partial charge in [-0.3, -0.25) is 14.5 Å². The molecular weight excluding hydrogens is 258 g/mol. The van der Waals surface area contributed by atoms with E-state index in [0.717, 1.165) is 5.56 Å². The third-order valence-electron chi connectivity index (χ3n) is 2.72.